The fourth-order valence-electron chi connectivity index (χ4n) is 4.55. The van der Waals surface area contributed by atoms with Crippen LogP contribution in [-0.4, -0.2) is 61.3 Å². The molecule has 0 bridgehead atoms. The number of morpholine rings is 1. The summed E-state index contributed by atoms with van der Waals surface area (Å²) in [5.41, 5.74) is 3.61. The summed E-state index contributed by atoms with van der Waals surface area (Å²) < 4.78 is 5.51. The lowest BCUT2D eigenvalue weighted by Crippen LogP contribution is -2.53. The number of aromatic amines is 1. The Bertz CT molecular complexity index is 778. The number of rotatable bonds is 9. The molecule has 6 nitrogen and oxygen atoms in total. The minimum atomic E-state index is -0.0771. The Hall–Kier alpha value is -2.05. The summed E-state index contributed by atoms with van der Waals surface area (Å²) in [4.78, 5) is 18.3. The maximum atomic E-state index is 12.4. The van der Waals surface area contributed by atoms with E-state index in [4.69, 9.17) is 4.74 Å². The molecule has 1 aromatic carbocycles. The van der Waals surface area contributed by atoms with Gasteiger partial charge in [0.15, 0.2) is 0 Å². The summed E-state index contributed by atoms with van der Waals surface area (Å²) in [5.74, 6) is 0.585. The number of aryl methyl sites for hydroxylation is 1. The molecule has 160 valence electrons. The molecule has 6 heteroatoms. The molecule has 2 amide bonds. The van der Waals surface area contributed by atoms with Crippen molar-refractivity contribution in [3.63, 3.8) is 0 Å². The van der Waals surface area contributed by atoms with Crippen LogP contribution in [0.15, 0.2) is 24.3 Å². The number of benzene rings is 1. The van der Waals surface area contributed by atoms with Crippen molar-refractivity contribution >= 4 is 16.9 Å². The monoisotopic (exact) mass is 400 g/mol. The van der Waals surface area contributed by atoms with Gasteiger partial charge >= 0.3 is 6.03 Å². The highest BCUT2D eigenvalue weighted by Crippen LogP contribution is 2.22. The number of para-hydroxylation sites is 1. The molecule has 0 saturated carbocycles. The summed E-state index contributed by atoms with van der Waals surface area (Å²) in [7, 11) is 0. The van der Waals surface area contributed by atoms with Gasteiger partial charge in [0.25, 0.3) is 0 Å². The van der Waals surface area contributed by atoms with Crippen LogP contribution in [0.1, 0.15) is 37.9 Å². The first-order valence-corrected chi connectivity index (χ1v) is 11.0. The molecule has 0 aliphatic carbocycles. The van der Waals surface area contributed by atoms with Gasteiger partial charge in [-0.2, -0.15) is 0 Å². The fraction of sp³-hybridized carbons (Fsp3) is 0.609. The highest BCUT2D eigenvalue weighted by Gasteiger charge is 2.27. The second kappa shape index (κ2) is 10.6. The Morgan fingerprint density at radius 1 is 1.17 bits per heavy atom. The molecule has 1 unspecified atom stereocenters. The number of urea groups is 1. The SMILES string of the molecule is CCC(CC)C(CNC(=O)NCCc1c(C)[nH]c2ccccc12)N1CCOCC1. The predicted octanol–water partition coefficient (Wildman–Crippen LogP) is 3.46. The van der Waals surface area contributed by atoms with Crippen LogP contribution in [0.25, 0.3) is 10.9 Å². The number of nitrogens with one attached hydrogen (secondary N) is 3. The van der Waals surface area contributed by atoms with Crippen molar-refractivity contribution in [3.8, 4) is 0 Å². The van der Waals surface area contributed by atoms with Crippen LogP contribution >= 0.6 is 0 Å². The van der Waals surface area contributed by atoms with Crippen LogP contribution in [0.4, 0.5) is 4.79 Å². The maximum Gasteiger partial charge on any atom is 0.314 e. The summed E-state index contributed by atoms with van der Waals surface area (Å²) in [6.07, 6.45) is 3.08. The number of nitrogens with zero attached hydrogens (tertiary/aromatic N) is 1. The van der Waals surface area contributed by atoms with Gasteiger partial charge in [-0.15, -0.1) is 0 Å². The van der Waals surface area contributed by atoms with E-state index in [1.54, 1.807) is 0 Å². The first kappa shape index (κ1) is 21.7. The lowest BCUT2D eigenvalue weighted by Gasteiger charge is -2.38. The number of fused-ring (bicyclic) bond motifs is 1. The summed E-state index contributed by atoms with van der Waals surface area (Å²) in [6, 6.07) is 8.62. The van der Waals surface area contributed by atoms with Crippen LogP contribution < -0.4 is 10.6 Å². The number of carbonyl (C=O) groups excluding carboxylic acids is 1. The number of hydrogen-bond donors (Lipinski definition) is 3. The fourth-order valence-corrected chi connectivity index (χ4v) is 4.55. The van der Waals surface area contributed by atoms with Crippen molar-refractivity contribution in [1.29, 1.82) is 0 Å². The Labute approximate surface area is 174 Å². The third-order valence-corrected chi connectivity index (χ3v) is 6.27. The molecule has 1 aromatic heterocycles. The van der Waals surface area contributed by atoms with E-state index in [-0.39, 0.29) is 6.03 Å². The zero-order valence-corrected chi connectivity index (χ0v) is 18.1. The van der Waals surface area contributed by atoms with Crippen molar-refractivity contribution in [2.24, 2.45) is 5.92 Å². The van der Waals surface area contributed by atoms with E-state index in [9.17, 15) is 4.79 Å². The van der Waals surface area contributed by atoms with Gasteiger partial charge in [0.1, 0.15) is 0 Å². The standard InChI is InChI=1S/C23H36N4O2/c1-4-18(5-2)22(27-12-14-29-15-13-27)16-25-23(28)24-11-10-19-17(3)26-21-9-7-6-8-20(19)21/h6-9,18,22,26H,4-5,10-16H2,1-3H3,(H2,24,25,28). The van der Waals surface area contributed by atoms with Crippen molar-refractivity contribution in [3.05, 3.63) is 35.5 Å². The molecule has 2 heterocycles. The molecule has 1 saturated heterocycles. The Morgan fingerprint density at radius 3 is 2.62 bits per heavy atom. The van der Waals surface area contributed by atoms with Gasteiger partial charge in [0.2, 0.25) is 0 Å². The molecule has 1 atom stereocenters. The summed E-state index contributed by atoms with van der Waals surface area (Å²) in [6.45, 7) is 11.4. The zero-order chi connectivity index (χ0) is 20.6. The lowest BCUT2D eigenvalue weighted by molar-refractivity contribution is 0.00238. The molecule has 3 N–H and O–H groups in total. The average molecular weight is 401 g/mol. The van der Waals surface area contributed by atoms with Crippen LogP contribution in [0, 0.1) is 12.8 Å². The van der Waals surface area contributed by atoms with E-state index in [0.29, 0.717) is 25.0 Å². The van der Waals surface area contributed by atoms with Gasteiger partial charge in [-0.25, -0.2) is 4.79 Å². The molecule has 2 aromatic rings. The molecule has 0 radical (unpaired) electrons. The third-order valence-electron chi connectivity index (χ3n) is 6.27. The molecule has 1 aliphatic rings. The van der Waals surface area contributed by atoms with Crippen molar-refractivity contribution in [2.45, 2.75) is 46.1 Å². The van der Waals surface area contributed by atoms with E-state index in [1.807, 2.05) is 6.07 Å². The number of H-pyrrole nitrogens is 1. The summed E-state index contributed by atoms with van der Waals surface area (Å²) in [5, 5.41) is 7.40. The molecule has 29 heavy (non-hydrogen) atoms. The normalized spacial score (nSPS) is 16.3. The van der Waals surface area contributed by atoms with E-state index >= 15 is 0 Å². The number of carbonyl (C=O) groups is 1. The van der Waals surface area contributed by atoms with Crippen molar-refractivity contribution < 1.29 is 9.53 Å². The van der Waals surface area contributed by atoms with Crippen molar-refractivity contribution in [2.75, 3.05) is 39.4 Å². The van der Waals surface area contributed by atoms with Gasteiger partial charge in [0.05, 0.1) is 13.2 Å². The largest absolute Gasteiger partial charge is 0.379 e. The Balaban J connectivity index is 1.50. The second-order valence-electron chi connectivity index (χ2n) is 7.95. The number of amides is 2. The molecule has 0 spiro atoms. The van der Waals surface area contributed by atoms with Crippen LogP contribution in [0.3, 0.4) is 0 Å². The predicted molar refractivity (Wildman–Crippen MR) is 118 cm³/mol. The van der Waals surface area contributed by atoms with Crippen LogP contribution in [0.2, 0.25) is 0 Å². The molecule has 1 fully saturated rings. The van der Waals surface area contributed by atoms with Gasteiger partial charge in [-0.1, -0.05) is 44.9 Å². The molecular formula is C23H36N4O2. The van der Waals surface area contributed by atoms with E-state index in [1.165, 1.54) is 16.6 Å². The van der Waals surface area contributed by atoms with E-state index in [2.05, 4.69) is 59.5 Å². The quantitative estimate of drug-likeness (QED) is 0.604. The van der Waals surface area contributed by atoms with E-state index < -0.39 is 0 Å². The minimum Gasteiger partial charge on any atom is -0.379 e. The Kier molecular flexibility index (Phi) is 7.95. The number of hydrogen-bond acceptors (Lipinski definition) is 3. The number of aromatic nitrogens is 1. The third kappa shape index (κ3) is 5.52. The summed E-state index contributed by atoms with van der Waals surface area (Å²) >= 11 is 0. The van der Waals surface area contributed by atoms with Crippen molar-refractivity contribution in [1.82, 2.24) is 20.5 Å². The first-order chi connectivity index (χ1) is 14.1. The van der Waals surface area contributed by atoms with Crippen LogP contribution in [0.5, 0.6) is 0 Å². The second-order valence-corrected chi connectivity index (χ2v) is 7.95. The molecule has 1 aliphatic heterocycles. The highest BCUT2D eigenvalue weighted by molar-refractivity contribution is 5.84. The number of ether oxygens (including phenoxy) is 1. The Morgan fingerprint density at radius 2 is 1.90 bits per heavy atom. The van der Waals surface area contributed by atoms with Gasteiger partial charge in [0, 0.05) is 48.8 Å². The lowest BCUT2D eigenvalue weighted by atomic mass is 9.92. The van der Waals surface area contributed by atoms with Crippen LogP contribution in [-0.2, 0) is 11.2 Å². The highest BCUT2D eigenvalue weighted by atomic mass is 16.5. The average Bonchev–Trinajstić information content (AvgIpc) is 3.07. The topological polar surface area (TPSA) is 69.4 Å². The molecular weight excluding hydrogens is 364 g/mol. The first-order valence-electron chi connectivity index (χ1n) is 11.0. The van der Waals surface area contributed by atoms with Gasteiger partial charge in [-0.3, -0.25) is 4.90 Å². The van der Waals surface area contributed by atoms with E-state index in [0.717, 1.165) is 51.1 Å². The maximum absolute atomic E-state index is 12.4. The van der Waals surface area contributed by atoms with Gasteiger partial charge in [-0.05, 0) is 30.9 Å². The molecule has 3 rings (SSSR count). The smallest absolute Gasteiger partial charge is 0.314 e. The van der Waals surface area contributed by atoms with Gasteiger partial charge < -0.3 is 20.4 Å². The zero-order valence-electron chi connectivity index (χ0n) is 18.1. The minimum absolute atomic E-state index is 0.0771.